The number of fused-ring (bicyclic) bond motifs is 1. The van der Waals surface area contributed by atoms with Crippen molar-refractivity contribution >= 4 is 32.3 Å². The quantitative estimate of drug-likeness (QED) is 0.768. The number of hydrogen-bond donors (Lipinski definition) is 1. The van der Waals surface area contributed by atoms with Gasteiger partial charge in [-0.25, -0.2) is 13.4 Å². The van der Waals surface area contributed by atoms with Gasteiger partial charge in [0.2, 0.25) is 0 Å². The Hall–Kier alpha value is -2.38. The highest BCUT2D eigenvalue weighted by Crippen LogP contribution is 2.25. The van der Waals surface area contributed by atoms with Crippen LogP contribution >= 0.6 is 11.6 Å². The molecule has 0 bridgehead atoms. The lowest BCUT2D eigenvalue weighted by molar-refractivity contribution is 0.483. The molecule has 124 valence electrons. The van der Waals surface area contributed by atoms with Crippen molar-refractivity contribution in [1.82, 2.24) is 9.97 Å². The molecule has 0 saturated heterocycles. The third-order valence-corrected chi connectivity index (χ3v) is 4.22. The molecular weight excluding hydrogens is 352 g/mol. The van der Waals surface area contributed by atoms with E-state index in [0.29, 0.717) is 27.4 Å². The average Bonchev–Trinajstić information content (AvgIpc) is 2.48. The van der Waals surface area contributed by atoms with Crippen LogP contribution in [-0.4, -0.2) is 24.6 Å². The fourth-order valence-electron chi connectivity index (χ4n) is 2.19. The molecule has 3 rings (SSSR count). The zero-order valence-corrected chi connectivity index (χ0v) is 14.2. The molecule has 24 heavy (non-hydrogen) atoms. The van der Waals surface area contributed by atoms with Crippen molar-refractivity contribution in [1.29, 1.82) is 0 Å². The lowest BCUT2D eigenvalue weighted by Crippen LogP contribution is -2.14. The summed E-state index contributed by atoms with van der Waals surface area (Å²) in [6.07, 6.45) is 1.08. The molecule has 0 unspecified atom stereocenters. The van der Waals surface area contributed by atoms with Gasteiger partial charge in [0.15, 0.2) is 9.84 Å². The number of sulfone groups is 1. The zero-order valence-electron chi connectivity index (χ0n) is 12.6. The molecule has 1 heterocycles. The second-order valence-electron chi connectivity index (χ2n) is 5.32. The molecule has 0 saturated carbocycles. The summed E-state index contributed by atoms with van der Waals surface area (Å²) in [6, 6.07) is 11.6. The first-order valence-electron chi connectivity index (χ1n) is 6.94. The molecule has 2 aromatic carbocycles. The molecule has 1 aromatic heterocycles. The molecule has 0 radical (unpaired) electrons. The van der Waals surface area contributed by atoms with Gasteiger partial charge in [0.25, 0.3) is 5.56 Å². The van der Waals surface area contributed by atoms with Crippen LogP contribution in [0.3, 0.4) is 0 Å². The predicted molar refractivity (Wildman–Crippen MR) is 92.4 cm³/mol. The van der Waals surface area contributed by atoms with Crippen LogP contribution in [0.25, 0.3) is 10.9 Å². The minimum atomic E-state index is -3.28. The molecule has 3 aromatic rings. The number of aromatic amines is 1. The van der Waals surface area contributed by atoms with E-state index in [1.54, 1.807) is 42.5 Å². The first kappa shape index (κ1) is 16.5. The zero-order chi connectivity index (χ0) is 17.3. The molecule has 0 aliphatic heterocycles. The smallest absolute Gasteiger partial charge is 0.258 e. The monoisotopic (exact) mass is 364 g/mol. The summed E-state index contributed by atoms with van der Waals surface area (Å²) in [4.78, 5) is 18.8. The highest BCUT2D eigenvalue weighted by Gasteiger charge is 2.10. The number of aromatic nitrogens is 2. The van der Waals surface area contributed by atoms with Gasteiger partial charge >= 0.3 is 0 Å². The van der Waals surface area contributed by atoms with Crippen molar-refractivity contribution in [3.63, 3.8) is 0 Å². The number of nitrogens with one attached hydrogen (secondary N) is 1. The number of benzene rings is 2. The molecule has 6 nitrogen and oxygen atoms in total. The van der Waals surface area contributed by atoms with E-state index in [4.69, 9.17) is 16.3 Å². The first-order chi connectivity index (χ1) is 11.3. The van der Waals surface area contributed by atoms with Gasteiger partial charge in [-0.05, 0) is 42.5 Å². The SMILES string of the molecule is CS(=O)(=O)Cc1nc2ccc(Oc3ccc(Cl)cc3)cc2c(=O)[nH]1. The Labute approximate surface area is 143 Å². The molecule has 0 aliphatic carbocycles. The van der Waals surface area contributed by atoms with Crippen LogP contribution < -0.4 is 10.3 Å². The Morgan fingerprint density at radius 2 is 1.79 bits per heavy atom. The Morgan fingerprint density at radius 3 is 2.46 bits per heavy atom. The van der Waals surface area contributed by atoms with Crippen LogP contribution in [-0.2, 0) is 15.6 Å². The van der Waals surface area contributed by atoms with Crippen LogP contribution in [0.4, 0.5) is 0 Å². The van der Waals surface area contributed by atoms with Gasteiger partial charge in [-0.3, -0.25) is 4.79 Å². The predicted octanol–water partition coefficient (Wildman–Crippen LogP) is 2.91. The van der Waals surface area contributed by atoms with Gasteiger partial charge in [-0.15, -0.1) is 0 Å². The van der Waals surface area contributed by atoms with Crippen molar-refractivity contribution in [3.05, 3.63) is 63.7 Å². The van der Waals surface area contributed by atoms with Crippen molar-refractivity contribution in [2.24, 2.45) is 0 Å². The molecule has 0 spiro atoms. The third-order valence-electron chi connectivity index (χ3n) is 3.17. The van der Waals surface area contributed by atoms with E-state index in [1.807, 2.05) is 0 Å². The van der Waals surface area contributed by atoms with E-state index in [-0.39, 0.29) is 11.6 Å². The molecule has 0 atom stereocenters. The van der Waals surface area contributed by atoms with E-state index in [1.165, 1.54) is 0 Å². The molecule has 0 aliphatic rings. The number of H-pyrrole nitrogens is 1. The lowest BCUT2D eigenvalue weighted by atomic mass is 10.2. The number of rotatable bonds is 4. The Bertz CT molecular complexity index is 1060. The molecule has 8 heteroatoms. The van der Waals surface area contributed by atoms with Crippen molar-refractivity contribution in [3.8, 4) is 11.5 Å². The standard InChI is InChI=1S/C16H13ClN2O4S/c1-24(21,22)9-15-18-14-7-6-12(8-13(14)16(20)19-15)23-11-4-2-10(17)3-5-11/h2-8H,9H2,1H3,(H,18,19,20). The Kier molecular flexibility index (Phi) is 4.29. The Balaban J connectivity index is 1.96. The van der Waals surface area contributed by atoms with E-state index in [0.717, 1.165) is 6.26 Å². The normalized spacial score (nSPS) is 11.6. The molecule has 0 amide bonds. The van der Waals surface area contributed by atoms with Crippen LogP contribution in [0.2, 0.25) is 5.02 Å². The average molecular weight is 365 g/mol. The van der Waals surface area contributed by atoms with Crippen LogP contribution in [0.15, 0.2) is 47.3 Å². The number of ether oxygens (including phenoxy) is 1. The molecule has 1 N–H and O–H groups in total. The van der Waals surface area contributed by atoms with Crippen LogP contribution in [0, 0.1) is 0 Å². The molecular formula is C16H13ClN2O4S. The summed E-state index contributed by atoms with van der Waals surface area (Å²) >= 11 is 5.82. The van der Waals surface area contributed by atoms with E-state index in [2.05, 4.69) is 9.97 Å². The topological polar surface area (TPSA) is 89.1 Å². The lowest BCUT2D eigenvalue weighted by Gasteiger charge is -2.07. The minimum absolute atomic E-state index is 0.112. The maximum absolute atomic E-state index is 12.2. The van der Waals surface area contributed by atoms with Crippen molar-refractivity contribution < 1.29 is 13.2 Å². The van der Waals surface area contributed by atoms with E-state index in [9.17, 15) is 13.2 Å². The fraction of sp³-hybridized carbons (Fsp3) is 0.125. The second kappa shape index (κ2) is 6.26. The largest absolute Gasteiger partial charge is 0.457 e. The van der Waals surface area contributed by atoms with Crippen molar-refractivity contribution in [2.45, 2.75) is 5.75 Å². The summed E-state index contributed by atoms with van der Waals surface area (Å²) in [5.41, 5.74) is -0.0129. The second-order valence-corrected chi connectivity index (χ2v) is 7.89. The summed E-state index contributed by atoms with van der Waals surface area (Å²) in [5, 5.41) is 0.915. The van der Waals surface area contributed by atoms with Crippen LogP contribution in [0.5, 0.6) is 11.5 Å². The van der Waals surface area contributed by atoms with Crippen LogP contribution in [0.1, 0.15) is 5.82 Å². The maximum atomic E-state index is 12.2. The highest BCUT2D eigenvalue weighted by molar-refractivity contribution is 7.89. The van der Waals surface area contributed by atoms with Gasteiger partial charge in [0.05, 0.1) is 10.9 Å². The van der Waals surface area contributed by atoms with Gasteiger partial charge in [-0.1, -0.05) is 11.6 Å². The van der Waals surface area contributed by atoms with Gasteiger partial charge in [0.1, 0.15) is 23.1 Å². The molecule has 0 fully saturated rings. The summed E-state index contributed by atoms with van der Waals surface area (Å²) in [6.45, 7) is 0. The Morgan fingerprint density at radius 1 is 1.12 bits per heavy atom. The number of nitrogens with zero attached hydrogens (tertiary/aromatic N) is 1. The fourth-order valence-corrected chi connectivity index (χ4v) is 2.94. The van der Waals surface area contributed by atoms with Crippen molar-refractivity contribution in [2.75, 3.05) is 6.26 Å². The first-order valence-corrected chi connectivity index (χ1v) is 9.38. The summed E-state index contributed by atoms with van der Waals surface area (Å²) < 4.78 is 28.3. The van der Waals surface area contributed by atoms with E-state index >= 15 is 0 Å². The number of halogens is 1. The van der Waals surface area contributed by atoms with Gasteiger partial charge in [-0.2, -0.15) is 0 Å². The highest BCUT2D eigenvalue weighted by atomic mass is 35.5. The maximum Gasteiger partial charge on any atom is 0.258 e. The van der Waals surface area contributed by atoms with Gasteiger partial charge < -0.3 is 9.72 Å². The number of hydrogen-bond acceptors (Lipinski definition) is 5. The minimum Gasteiger partial charge on any atom is -0.457 e. The summed E-state index contributed by atoms with van der Waals surface area (Å²) in [7, 11) is -3.28. The summed E-state index contributed by atoms with van der Waals surface area (Å²) in [5.74, 6) is 0.840. The van der Waals surface area contributed by atoms with E-state index < -0.39 is 15.4 Å². The third kappa shape index (κ3) is 3.93. The van der Waals surface area contributed by atoms with Gasteiger partial charge in [0, 0.05) is 11.3 Å².